The van der Waals surface area contributed by atoms with E-state index in [2.05, 4.69) is 28.6 Å². The van der Waals surface area contributed by atoms with Gasteiger partial charge in [0.15, 0.2) is 0 Å². The maximum atomic E-state index is 12.5. The smallest absolute Gasteiger partial charge is 0.326 e. The van der Waals surface area contributed by atoms with Crippen LogP contribution >= 0.6 is 24.4 Å². The Bertz CT molecular complexity index is 577. The monoisotopic (exact) mass is 454 g/mol. The van der Waals surface area contributed by atoms with Crippen LogP contribution in [0.2, 0.25) is 0 Å². The van der Waals surface area contributed by atoms with Crippen LogP contribution in [0.4, 0.5) is 0 Å². The highest BCUT2D eigenvalue weighted by molar-refractivity contribution is 7.98. The number of aliphatic carboxylic acids is 1. The molecule has 0 saturated heterocycles. The lowest BCUT2D eigenvalue weighted by atomic mass is 10.1. The van der Waals surface area contributed by atoms with Crippen LogP contribution < -0.4 is 21.7 Å². The summed E-state index contributed by atoms with van der Waals surface area (Å²) in [6, 6.07) is -5.11. The van der Waals surface area contributed by atoms with Gasteiger partial charge in [0.1, 0.15) is 24.2 Å². The van der Waals surface area contributed by atoms with Gasteiger partial charge in [-0.1, -0.05) is 0 Å². The minimum atomic E-state index is -1.45. The zero-order valence-corrected chi connectivity index (χ0v) is 18.2. The van der Waals surface area contributed by atoms with Crippen LogP contribution in [-0.4, -0.2) is 93.1 Å². The molecule has 0 aromatic heterocycles. The fraction of sp³-hybridized carbons (Fsp3) is 0.750. The molecule has 0 aromatic rings. The van der Waals surface area contributed by atoms with Crippen LogP contribution in [0.15, 0.2) is 0 Å². The zero-order valence-electron chi connectivity index (χ0n) is 16.5. The minimum absolute atomic E-state index is 0.153. The molecule has 6 atom stereocenters. The number of thioether (sulfide) groups is 1. The number of carboxylic acids is 1. The van der Waals surface area contributed by atoms with E-state index >= 15 is 0 Å². The molecule has 168 valence electrons. The molecule has 8 N–H and O–H groups in total. The second-order valence-electron chi connectivity index (χ2n) is 6.42. The molecule has 29 heavy (non-hydrogen) atoms. The average Bonchev–Trinajstić information content (AvgIpc) is 2.65. The lowest BCUT2D eigenvalue weighted by molar-refractivity contribution is -0.142. The predicted octanol–water partition coefficient (Wildman–Crippen LogP) is -2.70. The summed E-state index contributed by atoms with van der Waals surface area (Å²) in [6.07, 6.45) is -0.528. The second kappa shape index (κ2) is 13.6. The normalized spacial score (nSPS) is 17.2. The Balaban J connectivity index is 5.12. The standard InChI is InChI=1S/C16H30N4O7S2/c1-7(21)11(17)14(24)20-12(8(2)22)15(25)19-10(6-28)13(23)18-9(16(26)27)4-5-29-3/h7-12,21-22,28H,4-6,17H2,1-3H3,(H,18,23)(H,19,25)(H,20,24)(H,26,27). The Morgan fingerprint density at radius 1 is 0.966 bits per heavy atom. The van der Waals surface area contributed by atoms with E-state index in [0.717, 1.165) is 0 Å². The zero-order chi connectivity index (χ0) is 22.7. The van der Waals surface area contributed by atoms with Gasteiger partial charge in [0, 0.05) is 5.75 Å². The molecule has 0 saturated carbocycles. The third kappa shape index (κ3) is 9.67. The number of aliphatic hydroxyl groups is 2. The maximum absolute atomic E-state index is 12.5. The molecule has 0 bridgehead atoms. The van der Waals surface area contributed by atoms with Gasteiger partial charge in [-0.25, -0.2) is 4.79 Å². The highest BCUT2D eigenvalue weighted by Crippen LogP contribution is 2.03. The topological polar surface area (TPSA) is 191 Å². The van der Waals surface area contributed by atoms with Crippen molar-refractivity contribution in [2.75, 3.05) is 17.8 Å². The first-order valence-corrected chi connectivity index (χ1v) is 10.8. The Labute approximate surface area is 179 Å². The Hall–Kier alpha value is -1.54. The van der Waals surface area contributed by atoms with Crippen LogP contribution in [0.1, 0.15) is 20.3 Å². The Kier molecular flexibility index (Phi) is 12.9. The van der Waals surface area contributed by atoms with E-state index in [1.165, 1.54) is 25.6 Å². The summed E-state index contributed by atoms with van der Waals surface area (Å²) in [4.78, 5) is 48.0. The molecule has 0 heterocycles. The van der Waals surface area contributed by atoms with E-state index in [0.29, 0.717) is 5.75 Å². The minimum Gasteiger partial charge on any atom is -0.480 e. The van der Waals surface area contributed by atoms with Crippen LogP contribution in [0.5, 0.6) is 0 Å². The molecule has 0 spiro atoms. The first-order valence-electron chi connectivity index (χ1n) is 8.81. The van der Waals surface area contributed by atoms with Crippen molar-refractivity contribution in [3.05, 3.63) is 0 Å². The third-order valence-electron chi connectivity index (χ3n) is 3.93. The number of nitrogens with one attached hydrogen (secondary N) is 3. The van der Waals surface area contributed by atoms with Crippen LogP contribution in [0.3, 0.4) is 0 Å². The number of nitrogens with two attached hydrogens (primary N) is 1. The SMILES string of the molecule is CSCCC(NC(=O)C(CS)NC(=O)C(NC(=O)C(N)C(C)O)C(C)O)C(=O)O. The van der Waals surface area contributed by atoms with Crippen molar-refractivity contribution in [2.24, 2.45) is 5.73 Å². The van der Waals surface area contributed by atoms with Gasteiger partial charge in [0.25, 0.3) is 0 Å². The van der Waals surface area contributed by atoms with Crippen LogP contribution in [0.25, 0.3) is 0 Å². The molecule has 11 nitrogen and oxygen atoms in total. The molecule has 0 aliphatic heterocycles. The van der Waals surface area contributed by atoms with Crippen molar-refractivity contribution in [3.8, 4) is 0 Å². The number of carbonyl (C=O) groups is 4. The lowest BCUT2D eigenvalue weighted by Gasteiger charge is -2.26. The first-order chi connectivity index (χ1) is 13.5. The number of rotatable bonds is 13. The molecule has 0 aromatic carbocycles. The molecule has 3 amide bonds. The van der Waals surface area contributed by atoms with Crippen LogP contribution in [-0.2, 0) is 19.2 Å². The molecule has 0 aliphatic rings. The fourth-order valence-corrected chi connectivity index (χ4v) is 2.82. The van der Waals surface area contributed by atoms with E-state index < -0.39 is 60.1 Å². The number of amides is 3. The molecule has 0 rings (SSSR count). The van der Waals surface area contributed by atoms with Gasteiger partial charge in [-0.3, -0.25) is 14.4 Å². The van der Waals surface area contributed by atoms with Crippen molar-refractivity contribution in [1.29, 1.82) is 0 Å². The molecule has 6 unspecified atom stereocenters. The van der Waals surface area contributed by atoms with Crippen molar-refractivity contribution in [2.45, 2.75) is 56.6 Å². The molecular formula is C16H30N4O7S2. The molecule has 0 radical (unpaired) electrons. The second-order valence-corrected chi connectivity index (χ2v) is 7.77. The van der Waals surface area contributed by atoms with Crippen LogP contribution in [0, 0.1) is 0 Å². The molecule has 13 heteroatoms. The van der Waals surface area contributed by atoms with Gasteiger partial charge in [-0.05, 0) is 32.3 Å². The maximum Gasteiger partial charge on any atom is 0.326 e. The molecule has 0 fully saturated rings. The number of carbonyl (C=O) groups excluding carboxylic acids is 3. The van der Waals surface area contributed by atoms with Gasteiger partial charge in [0.2, 0.25) is 17.7 Å². The van der Waals surface area contributed by atoms with Crippen molar-refractivity contribution >= 4 is 48.1 Å². The van der Waals surface area contributed by atoms with Crippen molar-refractivity contribution in [3.63, 3.8) is 0 Å². The largest absolute Gasteiger partial charge is 0.480 e. The van der Waals surface area contributed by atoms with Gasteiger partial charge in [0.05, 0.1) is 12.2 Å². The number of hydrogen-bond donors (Lipinski definition) is 8. The summed E-state index contributed by atoms with van der Waals surface area (Å²) >= 11 is 5.41. The van der Waals surface area contributed by atoms with Crippen molar-refractivity contribution < 1.29 is 34.5 Å². The fourth-order valence-electron chi connectivity index (χ4n) is 2.09. The number of hydrogen-bond acceptors (Lipinski definition) is 9. The first kappa shape index (κ1) is 27.5. The summed E-state index contributed by atoms with van der Waals surface area (Å²) in [5.41, 5.74) is 5.50. The lowest BCUT2D eigenvalue weighted by Crippen LogP contribution is -2.61. The molecule has 0 aliphatic carbocycles. The highest BCUT2D eigenvalue weighted by atomic mass is 32.2. The quantitative estimate of drug-likeness (QED) is 0.137. The average molecular weight is 455 g/mol. The highest BCUT2D eigenvalue weighted by Gasteiger charge is 2.32. The number of aliphatic hydroxyl groups excluding tert-OH is 2. The predicted molar refractivity (Wildman–Crippen MR) is 112 cm³/mol. The van der Waals surface area contributed by atoms with Gasteiger partial charge >= 0.3 is 5.97 Å². The van der Waals surface area contributed by atoms with E-state index in [4.69, 9.17) is 5.73 Å². The summed E-state index contributed by atoms with van der Waals surface area (Å²) in [7, 11) is 0. The Morgan fingerprint density at radius 2 is 1.52 bits per heavy atom. The van der Waals surface area contributed by atoms with E-state index in [1.807, 2.05) is 0 Å². The summed E-state index contributed by atoms with van der Waals surface area (Å²) in [5, 5.41) is 35.2. The van der Waals surface area contributed by atoms with Gasteiger partial charge in [-0.15, -0.1) is 0 Å². The van der Waals surface area contributed by atoms with E-state index in [1.54, 1.807) is 6.26 Å². The molecular weight excluding hydrogens is 424 g/mol. The van der Waals surface area contributed by atoms with Gasteiger partial charge < -0.3 is 37.0 Å². The Morgan fingerprint density at radius 3 is 1.93 bits per heavy atom. The third-order valence-corrected chi connectivity index (χ3v) is 4.93. The number of thiol groups is 1. The summed E-state index contributed by atoms with van der Waals surface area (Å²) in [5.74, 6) is -3.38. The number of carboxylic acid groups (broad SMARTS) is 1. The van der Waals surface area contributed by atoms with Crippen molar-refractivity contribution in [1.82, 2.24) is 16.0 Å². The van der Waals surface area contributed by atoms with E-state index in [-0.39, 0.29) is 12.2 Å². The summed E-state index contributed by atoms with van der Waals surface area (Å²) < 4.78 is 0. The summed E-state index contributed by atoms with van der Waals surface area (Å²) in [6.45, 7) is 2.54. The van der Waals surface area contributed by atoms with Gasteiger partial charge in [-0.2, -0.15) is 24.4 Å². The van der Waals surface area contributed by atoms with E-state index in [9.17, 15) is 34.5 Å².